The molecule has 3 rings (SSSR count). The fourth-order valence-electron chi connectivity index (χ4n) is 3.90. The highest BCUT2D eigenvalue weighted by atomic mass is 16.5. The molecule has 0 saturated carbocycles. The van der Waals surface area contributed by atoms with E-state index in [0.717, 1.165) is 12.2 Å². The van der Waals surface area contributed by atoms with Crippen molar-refractivity contribution in [3.63, 3.8) is 0 Å². The van der Waals surface area contributed by atoms with Crippen molar-refractivity contribution in [2.75, 3.05) is 5.32 Å². The molecule has 29 heavy (non-hydrogen) atoms. The molecular formula is C26H35NO2. The number of hydrogen-bond donors (Lipinski definition) is 1. The lowest BCUT2D eigenvalue weighted by molar-refractivity contribution is 0.0620. The summed E-state index contributed by atoms with van der Waals surface area (Å²) >= 11 is 0. The van der Waals surface area contributed by atoms with Gasteiger partial charge in [-0.1, -0.05) is 63.3 Å². The van der Waals surface area contributed by atoms with Crippen LogP contribution in [0.15, 0.2) is 42.5 Å². The third-order valence-corrected chi connectivity index (χ3v) is 5.59. The van der Waals surface area contributed by atoms with Crippen LogP contribution in [-0.4, -0.2) is 11.4 Å². The van der Waals surface area contributed by atoms with Gasteiger partial charge in [0.05, 0.1) is 12.0 Å². The fourth-order valence-corrected chi connectivity index (χ4v) is 3.90. The molecule has 2 aromatic carbocycles. The lowest BCUT2D eigenvalue weighted by Crippen LogP contribution is -2.35. The molecule has 1 aliphatic heterocycles. The van der Waals surface area contributed by atoms with Gasteiger partial charge >= 0.3 is 0 Å². The van der Waals surface area contributed by atoms with Crippen LogP contribution >= 0.6 is 0 Å². The average molecular weight is 394 g/mol. The second kappa shape index (κ2) is 9.96. The normalized spacial score (nSPS) is 14.9. The summed E-state index contributed by atoms with van der Waals surface area (Å²) in [6, 6.07) is 14.7. The van der Waals surface area contributed by atoms with E-state index in [0.29, 0.717) is 17.7 Å². The standard InChI is InChI=1S/C26H35NO2/c1-4-5-6-7-8-9-10-20-11-13-21(14-12-20)19-27-22-15-16-25-23(17-22)24(28)18-26(2,3)29-25/h11-17,27H,4-10,18-19H2,1-3H3. The Balaban J connectivity index is 1.48. The summed E-state index contributed by atoms with van der Waals surface area (Å²) in [6.07, 6.45) is 9.62. The Kier molecular flexibility index (Phi) is 7.35. The van der Waals surface area contributed by atoms with E-state index in [4.69, 9.17) is 4.74 Å². The van der Waals surface area contributed by atoms with Crippen molar-refractivity contribution in [1.82, 2.24) is 0 Å². The number of fused-ring (bicyclic) bond motifs is 1. The highest BCUT2D eigenvalue weighted by Gasteiger charge is 2.32. The minimum atomic E-state index is -0.420. The van der Waals surface area contributed by atoms with E-state index in [1.54, 1.807) is 0 Å². The first kappa shape index (κ1) is 21.4. The molecule has 1 aliphatic rings. The Morgan fingerprint density at radius 1 is 0.931 bits per heavy atom. The fraction of sp³-hybridized carbons (Fsp3) is 0.500. The molecule has 0 bridgehead atoms. The minimum absolute atomic E-state index is 0.152. The largest absolute Gasteiger partial charge is 0.487 e. The van der Waals surface area contributed by atoms with Gasteiger partial charge in [-0.2, -0.15) is 0 Å². The molecule has 0 aliphatic carbocycles. The molecule has 2 aromatic rings. The van der Waals surface area contributed by atoms with Gasteiger partial charge in [0.25, 0.3) is 0 Å². The van der Waals surface area contributed by atoms with Gasteiger partial charge in [0.2, 0.25) is 0 Å². The van der Waals surface area contributed by atoms with E-state index in [1.165, 1.54) is 56.1 Å². The van der Waals surface area contributed by atoms with Crippen molar-refractivity contribution < 1.29 is 9.53 Å². The molecule has 0 spiro atoms. The van der Waals surface area contributed by atoms with E-state index in [-0.39, 0.29) is 5.78 Å². The molecule has 0 aromatic heterocycles. The summed E-state index contributed by atoms with van der Waals surface area (Å²) in [6.45, 7) is 6.92. The monoisotopic (exact) mass is 393 g/mol. The van der Waals surface area contributed by atoms with Gasteiger partial charge in [0, 0.05) is 12.2 Å². The Morgan fingerprint density at radius 3 is 2.38 bits per heavy atom. The molecule has 0 radical (unpaired) electrons. The third kappa shape index (κ3) is 6.35. The van der Waals surface area contributed by atoms with Crippen molar-refractivity contribution >= 4 is 11.5 Å². The number of rotatable bonds is 10. The number of nitrogens with one attached hydrogen (secondary N) is 1. The Morgan fingerprint density at radius 2 is 1.62 bits per heavy atom. The van der Waals surface area contributed by atoms with Gasteiger partial charge in [-0.25, -0.2) is 0 Å². The average Bonchev–Trinajstić information content (AvgIpc) is 2.69. The highest BCUT2D eigenvalue weighted by Crippen LogP contribution is 2.34. The number of hydrogen-bond acceptors (Lipinski definition) is 3. The van der Waals surface area contributed by atoms with Crippen LogP contribution in [0.2, 0.25) is 0 Å². The van der Waals surface area contributed by atoms with Crippen LogP contribution in [0.3, 0.4) is 0 Å². The van der Waals surface area contributed by atoms with Crippen LogP contribution in [0.5, 0.6) is 5.75 Å². The highest BCUT2D eigenvalue weighted by molar-refractivity contribution is 6.01. The second-order valence-electron chi connectivity index (χ2n) is 8.86. The first-order valence-corrected chi connectivity index (χ1v) is 11.1. The number of ketones is 1. The zero-order chi connectivity index (χ0) is 20.7. The predicted molar refractivity (Wildman–Crippen MR) is 121 cm³/mol. The Bertz CT molecular complexity index is 808. The smallest absolute Gasteiger partial charge is 0.170 e. The quantitative estimate of drug-likeness (QED) is 0.444. The van der Waals surface area contributed by atoms with Crippen LogP contribution in [0.4, 0.5) is 5.69 Å². The maximum absolute atomic E-state index is 12.4. The Labute approximate surface area is 175 Å². The van der Waals surface area contributed by atoms with Gasteiger partial charge < -0.3 is 10.1 Å². The molecule has 0 amide bonds. The van der Waals surface area contributed by atoms with Crippen LogP contribution < -0.4 is 10.1 Å². The lowest BCUT2D eigenvalue weighted by atomic mass is 9.93. The first-order chi connectivity index (χ1) is 14.0. The second-order valence-corrected chi connectivity index (χ2v) is 8.86. The molecular weight excluding hydrogens is 358 g/mol. The molecule has 156 valence electrons. The number of anilines is 1. The van der Waals surface area contributed by atoms with E-state index >= 15 is 0 Å². The molecule has 1 heterocycles. The van der Waals surface area contributed by atoms with Gasteiger partial charge in [0.1, 0.15) is 11.4 Å². The SMILES string of the molecule is CCCCCCCCc1ccc(CNc2ccc3c(c2)C(=O)CC(C)(C)O3)cc1. The number of ether oxygens (including phenoxy) is 1. The van der Waals surface area contributed by atoms with Crippen molar-refractivity contribution in [2.45, 2.75) is 84.3 Å². The molecule has 3 nitrogen and oxygen atoms in total. The van der Waals surface area contributed by atoms with Gasteiger partial charge in [-0.3, -0.25) is 4.79 Å². The van der Waals surface area contributed by atoms with E-state index < -0.39 is 5.60 Å². The maximum atomic E-state index is 12.4. The number of aryl methyl sites for hydroxylation is 1. The van der Waals surface area contributed by atoms with Gasteiger partial charge in [-0.05, 0) is 56.0 Å². The third-order valence-electron chi connectivity index (χ3n) is 5.59. The molecule has 0 saturated heterocycles. The van der Waals surface area contributed by atoms with Crippen LogP contribution in [0.25, 0.3) is 0 Å². The van der Waals surface area contributed by atoms with Crippen LogP contribution in [0.1, 0.15) is 87.2 Å². The zero-order valence-corrected chi connectivity index (χ0v) is 18.2. The van der Waals surface area contributed by atoms with Crippen LogP contribution in [-0.2, 0) is 13.0 Å². The maximum Gasteiger partial charge on any atom is 0.170 e. The van der Waals surface area contributed by atoms with Crippen molar-refractivity contribution in [2.24, 2.45) is 0 Å². The number of Topliss-reactive ketones (excluding diaryl/α,β-unsaturated/α-hetero) is 1. The molecule has 0 unspecified atom stereocenters. The van der Waals surface area contributed by atoms with Crippen molar-refractivity contribution in [3.8, 4) is 5.75 Å². The van der Waals surface area contributed by atoms with Crippen molar-refractivity contribution in [3.05, 3.63) is 59.2 Å². The predicted octanol–water partition coefficient (Wildman–Crippen LogP) is 6.95. The van der Waals surface area contributed by atoms with Crippen LogP contribution in [0, 0.1) is 0 Å². The van der Waals surface area contributed by atoms with Gasteiger partial charge in [-0.15, -0.1) is 0 Å². The summed E-state index contributed by atoms with van der Waals surface area (Å²) in [5, 5.41) is 3.44. The topological polar surface area (TPSA) is 38.3 Å². The summed E-state index contributed by atoms with van der Waals surface area (Å²) < 4.78 is 5.93. The lowest BCUT2D eigenvalue weighted by Gasteiger charge is -2.31. The summed E-state index contributed by atoms with van der Waals surface area (Å²) in [5.41, 5.74) is 3.89. The molecule has 1 N–H and O–H groups in total. The first-order valence-electron chi connectivity index (χ1n) is 11.1. The Hall–Kier alpha value is -2.29. The number of benzene rings is 2. The van der Waals surface area contributed by atoms with Crippen molar-refractivity contribution in [1.29, 1.82) is 0 Å². The number of carbonyl (C=O) groups excluding carboxylic acids is 1. The number of unbranched alkanes of at least 4 members (excludes halogenated alkanes) is 5. The minimum Gasteiger partial charge on any atom is -0.487 e. The van der Waals surface area contributed by atoms with Gasteiger partial charge in [0.15, 0.2) is 5.78 Å². The molecule has 3 heteroatoms. The number of carbonyl (C=O) groups is 1. The molecule has 0 fully saturated rings. The zero-order valence-electron chi connectivity index (χ0n) is 18.2. The van der Waals surface area contributed by atoms with E-state index in [1.807, 2.05) is 32.0 Å². The molecule has 0 atom stereocenters. The van der Waals surface area contributed by atoms with E-state index in [2.05, 4.69) is 36.5 Å². The van der Waals surface area contributed by atoms with E-state index in [9.17, 15) is 4.79 Å². The summed E-state index contributed by atoms with van der Waals surface area (Å²) in [7, 11) is 0. The summed E-state index contributed by atoms with van der Waals surface area (Å²) in [5.74, 6) is 0.842. The summed E-state index contributed by atoms with van der Waals surface area (Å²) in [4.78, 5) is 12.4.